The summed E-state index contributed by atoms with van der Waals surface area (Å²) in [4.78, 5) is 113. The van der Waals surface area contributed by atoms with Crippen LogP contribution in [-0.2, 0) is 73.4 Å². The molecule has 1 rings (SSSR count). The van der Waals surface area contributed by atoms with Gasteiger partial charge in [0.25, 0.3) is 0 Å². The lowest BCUT2D eigenvalue weighted by molar-refractivity contribution is -0.153. The minimum Gasteiger partial charge on any atom is -0.469 e. The lowest BCUT2D eigenvalue weighted by Crippen LogP contribution is -2.59. The minimum atomic E-state index is -1.81. The largest absolute Gasteiger partial charge is 0.469 e. The first-order valence-corrected chi connectivity index (χ1v) is 14.6. The molecule has 0 aromatic heterocycles. The maximum Gasteiger partial charge on any atom is 0.408 e. The Bertz CT molecular complexity index is 1340. The normalized spacial score (nSPS) is 12.7. The molecule has 0 unspecified atom stereocenters. The summed E-state index contributed by atoms with van der Waals surface area (Å²) in [5.41, 5.74) is 0.617. The highest BCUT2D eigenvalue weighted by molar-refractivity contribution is 5.98. The molecule has 0 saturated carbocycles. The van der Waals surface area contributed by atoms with Crippen molar-refractivity contribution >= 4 is 53.7 Å². The highest BCUT2D eigenvalue weighted by Gasteiger charge is 2.35. The van der Waals surface area contributed by atoms with Crippen molar-refractivity contribution in [3.05, 3.63) is 35.9 Å². The van der Waals surface area contributed by atoms with Gasteiger partial charge in [-0.2, -0.15) is 0 Å². The predicted molar refractivity (Wildman–Crippen MR) is 163 cm³/mol. The second-order valence-electron chi connectivity index (χ2n) is 9.82. The van der Waals surface area contributed by atoms with Gasteiger partial charge in [0.2, 0.25) is 17.7 Å². The van der Waals surface area contributed by atoms with Crippen LogP contribution in [0.25, 0.3) is 0 Å². The summed E-state index contributed by atoms with van der Waals surface area (Å²) in [6.45, 7) is 1.18. The summed E-state index contributed by atoms with van der Waals surface area (Å²) < 4.78 is 28.2. The van der Waals surface area contributed by atoms with E-state index in [4.69, 9.17) is 9.47 Å². The third-order valence-electron chi connectivity index (χ3n) is 6.37. The molecule has 4 N–H and O–H groups in total. The quantitative estimate of drug-likeness (QED) is 0.0953. The number of carbonyl (C=O) groups excluding carboxylic acids is 9. The number of nitrogens with one attached hydrogen (secondary N) is 4. The zero-order valence-corrected chi connectivity index (χ0v) is 27.6. The zero-order chi connectivity index (χ0) is 36.9. The molecule has 0 saturated heterocycles. The van der Waals surface area contributed by atoms with Gasteiger partial charge in [0, 0.05) is 0 Å². The van der Waals surface area contributed by atoms with Gasteiger partial charge in [-0.1, -0.05) is 30.3 Å². The van der Waals surface area contributed by atoms with E-state index in [2.05, 4.69) is 40.2 Å². The van der Waals surface area contributed by atoms with Crippen LogP contribution >= 0.6 is 0 Å². The molecule has 0 bridgehead atoms. The Balaban J connectivity index is 3.25. The van der Waals surface area contributed by atoms with Crippen molar-refractivity contribution in [2.45, 2.75) is 63.4 Å². The zero-order valence-electron chi connectivity index (χ0n) is 27.6. The van der Waals surface area contributed by atoms with Crippen LogP contribution in [0.2, 0.25) is 0 Å². The lowest BCUT2D eigenvalue weighted by atomic mass is 10.1. The molecule has 0 spiro atoms. The van der Waals surface area contributed by atoms with Gasteiger partial charge in [-0.15, -0.1) is 0 Å². The molecule has 19 nitrogen and oxygen atoms in total. The summed E-state index contributed by atoms with van der Waals surface area (Å²) in [6, 6.07) is 1.63. The first-order chi connectivity index (χ1) is 23.3. The van der Waals surface area contributed by atoms with E-state index in [9.17, 15) is 43.2 Å². The van der Waals surface area contributed by atoms with Crippen molar-refractivity contribution in [1.29, 1.82) is 0 Å². The number of carbonyl (C=O) groups is 9. The fourth-order valence-corrected chi connectivity index (χ4v) is 3.79. The van der Waals surface area contributed by atoms with Crippen molar-refractivity contribution in [3.8, 4) is 0 Å². The number of esters is 5. The van der Waals surface area contributed by atoms with Gasteiger partial charge >= 0.3 is 35.9 Å². The first kappa shape index (κ1) is 41.3. The Morgan fingerprint density at radius 1 is 0.531 bits per heavy atom. The molecule has 0 aliphatic heterocycles. The monoisotopic (exact) mass is 696 g/mol. The summed E-state index contributed by atoms with van der Waals surface area (Å²) in [5, 5.41) is 8.77. The molecule has 49 heavy (non-hydrogen) atoms. The predicted octanol–water partition coefficient (Wildman–Crippen LogP) is -1.45. The van der Waals surface area contributed by atoms with Crippen molar-refractivity contribution in [1.82, 2.24) is 21.3 Å². The second kappa shape index (κ2) is 21.9. The number of ether oxygens (including phenoxy) is 6. The Morgan fingerprint density at radius 2 is 0.898 bits per heavy atom. The molecule has 4 atom stereocenters. The third-order valence-corrected chi connectivity index (χ3v) is 6.37. The van der Waals surface area contributed by atoms with Crippen LogP contribution in [0.1, 0.15) is 38.2 Å². The number of benzene rings is 1. The van der Waals surface area contributed by atoms with E-state index in [1.807, 2.05) is 0 Å². The fourth-order valence-electron chi connectivity index (χ4n) is 3.79. The molecule has 1 aromatic carbocycles. The molecule has 0 fully saturated rings. The van der Waals surface area contributed by atoms with Crippen LogP contribution in [0.5, 0.6) is 0 Å². The molecule has 0 aliphatic carbocycles. The number of rotatable bonds is 19. The topological polar surface area (TPSA) is 257 Å². The molecule has 0 radical (unpaired) electrons. The van der Waals surface area contributed by atoms with Crippen LogP contribution in [0.4, 0.5) is 4.79 Å². The van der Waals surface area contributed by atoms with Crippen LogP contribution in [0, 0.1) is 0 Å². The average Bonchev–Trinajstić information content (AvgIpc) is 3.09. The lowest BCUT2D eigenvalue weighted by Gasteiger charge is -2.25. The maximum atomic E-state index is 13.4. The van der Waals surface area contributed by atoms with Gasteiger partial charge in [0.1, 0.15) is 30.8 Å². The van der Waals surface area contributed by atoms with Crippen LogP contribution < -0.4 is 21.3 Å². The van der Waals surface area contributed by atoms with Crippen molar-refractivity contribution < 1.29 is 71.6 Å². The maximum absolute atomic E-state index is 13.4. The van der Waals surface area contributed by atoms with E-state index in [-0.39, 0.29) is 13.2 Å². The molecule has 0 heterocycles. The van der Waals surface area contributed by atoms with Crippen molar-refractivity contribution in [2.75, 3.05) is 35.0 Å². The number of alkyl carbamates (subject to hydrolysis) is 1. The Labute approximate surface area is 281 Å². The number of hydrogen-bond acceptors (Lipinski definition) is 15. The summed E-state index contributed by atoms with van der Waals surface area (Å²) in [7, 11) is 4.06. The van der Waals surface area contributed by atoms with Crippen molar-refractivity contribution in [3.63, 3.8) is 0 Å². The molecule has 270 valence electrons. The van der Waals surface area contributed by atoms with E-state index in [1.54, 1.807) is 30.3 Å². The van der Waals surface area contributed by atoms with Crippen LogP contribution in [0.15, 0.2) is 30.3 Å². The minimum absolute atomic E-state index is 0.111. The molecular formula is C30H40N4O15. The van der Waals surface area contributed by atoms with Crippen LogP contribution in [0.3, 0.4) is 0 Å². The van der Waals surface area contributed by atoms with Crippen LogP contribution in [-0.4, -0.2) is 113 Å². The Hall–Kier alpha value is -5.75. The smallest absolute Gasteiger partial charge is 0.408 e. The molecule has 1 aromatic rings. The summed E-state index contributed by atoms with van der Waals surface area (Å²) in [5.74, 6) is -8.38. The van der Waals surface area contributed by atoms with E-state index in [1.165, 1.54) is 6.92 Å². The summed E-state index contributed by atoms with van der Waals surface area (Å²) in [6.07, 6.45) is -4.13. The molecule has 4 amide bonds. The SMILES string of the molecule is CCOC(=O)[C@@H](CC(=O)OC)NC(=O)[C@@H](CC(=O)OC)NC(=O)[C@@H](CC(=O)OC)NC(=O)[C@@H](CC(=O)OC)NC(=O)OCc1ccccc1. The fraction of sp³-hybridized carbons (Fsp3) is 0.500. The van der Waals surface area contributed by atoms with Gasteiger partial charge in [0.15, 0.2) is 0 Å². The average molecular weight is 697 g/mol. The van der Waals surface area contributed by atoms with Gasteiger partial charge in [-0.3, -0.25) is 33.6 Å². The van der Waals surface area contributed by atoms with Gasteiger partial charge in [0.05, 0.1) is 60.7 Å². The first-order valence-electron chi connectivity index (χ1n) is 14.6. The number of methoxy groups -OCH3 is 4. The Kier molecular flexibility index (Phi) is 18.5. The van der Waals surface area contributed by atoms with E-state index in [0.29, 0.717) is 5.56 Å². The second-order valence-corrected chi connectivity index (χ2v) is 9.82. The highest BCUT2D eigenvalue weighted by Crippen LogP contribution is 2.07. The van der Waals surface area contributed by atoms with Gasteiger partial charge < -0.3 is 49.7 Å². The third kappa shape index (κ3) is 15.6. The Morgan fingerprint density at radius 3 is 1.29 bits per heavy atom. The highest BCUT2D eigenvalue weighted by atomic mass is 16.6. The van der Waals surface area contributed by atoms with Gasteiger partial charge in [-0.25, -0.2) is 9.59 Å². The standard InChI is InChI=1S/C30H40N4O15/c1-6-48-29(42)21(15-25(38)47-5)33-27(40)19(13-23(36)45-3)31-26(39)18(12-22(35)44-2)32-28(41)20(14-24(37)46-4)34-30(43)49-16-17-10-8-7-9-11-17/h7-11,18-21H,6,12-16H2,1-5H3,(H,31,39)(H,32,41)(H,33,40)(H,34,43)/t18-,19-,20-,21-/m1/s1. The van der Waals surface area contributed by atoms with E-state index < -0.39 is 104 Å². The molecule has 0 aliphatic rings. The van der Waals surface area contributed by atoms with E-state index in [0.717, 1.165) is 28.4 Å². The molecule has 19 heteroatoms. The van der Waals surface area contributed by atoms with E-state index >= 15 is 0 Å². The summed E-state index contributed by atoms with van der Waals surface area (Å²) >= 11 is 0. The number of hydrogen-bond donors (Lipinski definition) is 4. The molecular weight excluding hydrogens is 656 g/mol. The number of amides is 4. The van der Waals surface area contributed by atoms with Gasteiger partial charge in [-0.05, 0) is 12.5 Å². The van der Waals surface area contributed by atoms with Crippen molar-refractivity contribution in [2.24, 2.45) is 0 Å².